The SMILES string of the molecule is Cc1nn(C)cc1N(Cc1cn2cc(C(F)(F)F)ccc2n1)C(=O)c1ccc2nc(N)c3c(c2c1)COC3C. The van der Waals surface area contributed by atoms with Gasteiger partial charge in [0.25, 0.3) is 5.91 Å². The van der Waals surface area contributed by atoms with Crippen molar-refractivity contribution in [3.8, 4) is 0 Å². The van der Waals surface area contributed by atoms with Crippen molar-refractivity contribution < 1.29 is 22.7 Å². The van der Waals surface area contributed by atoms with E-state index in [0.29, 0.717) is 46.2 Å². The summed E-state index contributed by atoms with van der Waals surface area (Å²) in [6.45, 7) is 4.08. The third-order valence-electron chi connectivity index (χ3n) is 6.97. The molecular formula is C27H24F3N7O2. The van der Waals surface area contributed by atoms with E-state index in [2.05, 4.69) is 15.1 Å². The van der Waals surface area contributed by atoms with Crippen molar-refractivity contribution in [2.75, 3.05) is 10.6 Å². The Morgan fingerprint density at radius 1 is 1.18 bits per heavy atom. The number of hydrogen-bond donors (Lipinski definition) is 1. The van der Waals surface area contributed by atoms with Crippen molar-refractivity contribution in [2.45, 2.75) is 39.3 Å². The molecule has 0 saturated heterocycles. The number of rotatable bonds is 4. The Bertz CT molecular complexity index is 1770. The standard InChI is InChI=1S/C27H24F3N7O2/c1-14-22(12-35(3)34-14)37(11-18-10-36-9-17(27(28,29)30)5-7-23(36)32-18)26(38)16-4-6-21-19(8-16)20-13-39-15(2)24(20)25(31)33-21/h4-10,12,15H,11,13H2,1-3H3,(H2,31,33). The number of anilines is 2. The highest BCUT2D eigenvalue weighted by molar-refractivity contribution is 6.08. The number of nitrogens with two attached hydrogens (primary N) is 1. The van der Waals surface area contributed by atoms with E-state index in [1.54, 1.807) is 43.0 Å². The van der Waals surface area contributed by atoms with Gasteiger partial charge in [-0.15, -0.1) is 0 Å². The van der Waals surface area contributed by atoms with Crippen LogP contribution in [0, 0.1) is 6.92 Å². The number of aryl methyl sites for hydroxylation is 2. The number of amides is 1. The summed E-state index contributed by atoms with van der Waals surface area (Å²) >= 11 is 0. The average molecular weight is 536 g/mol. The molecule has 200 valence electrons. The van der Waals surface area contributed by atoms with Crippen LogP contribution >= 0.6 is 0 Å². The first-order valence-corrected chi connectivity index (χ1v) is 12.2. The molecule has 5 aromatic rings. The van der Waals surface area contributed by atoms with Crippen LogP contribution in [0.4, 0.5) is 24.7 Å². The van der Waals surface area contributed by atoms with Gasteiger partial charge in [0.2, 0.25) is 0 Å². The number of fused-ring (bicyclic) bond motifs is 4. The van der Waals surface area contributed by atoms with Gasteiger partial charge in [-0.1, -0.05) is 0 Å². The number of halogens is 3. The Kier molecular flexibility index (Phi) is 5.61. The van der Waals surface area contributed by atoms with Gasteiger partial charge in [-0.3, -0.25) is 14.4 Å². The number of pyridine rings is 2. The van der Waals surface area contributed by atoms with Crippen molar-refractivity contribution in [3.63, 3.8) is 0 Å². The van der Waals surface area contributed by atoms with Crippen LogP contribution in [0.5, 0.6) is 0 Å². The highest BCUT2D eigenvalue weighted by Crippen LogP contribution is 2.38. The lowest BCUT2D eigenvalue weighted by Crippen LogP contribution is -2.31. The number of ether oxygens (including phenoxy) is 1. The van der Waals surface area contributed by atoms with Crippen LogP contribution in [-0.4, -0.2) is 30.1 Å². The van der Waals surface area contributed by atoms with E-state index in [-0.39, 0.29) is 18.6 Å². The third-order valence-corrected chi connectivity index (χ3v) is 6.97. The first-order chi connectivity index (χ1) is 18.5. The Morgan fingerprint density at radius 2 is 1.97 bits per heavy atom. The molecule has 1 amide bonds. The average Bonchev–Trinajstić information content (AvgIpc) is 3.57. The highest BCUT2D eigenvalue weighted by atomic mass is 19.4. The molecule has 1 unspecified atom stereocenters. The molecule has 1 aliphatic rings. The Balaban J connectivity index is 1.42. The molecule has 5 heterocycles. The van der Waals surface area contributed by atoms with Crippen LogP contribution in [0.25, 0.3) is 16.6 Å². The second-order valence-electron chi connectivity index (χ2n) is 9.65. The maximum absolute atomic E-state index is 14.0. The van der Waals surface area contributed by atoms with Crippen LogP contribution < -0.4 is 10.6 Å². The summed E-state index contributed by atoms with van der Waals surface area (Å²) in [4.78, 5) is 24.5. The van der Waals surface area contributed by atoms with Crippen molar-refractivity contribution >= 4 is 34.0 Å². The fourth-order valence-corrected chi connectivity index (χ4v) is 5.12. The zero-order valence-electron chi connectivity index (χ0n) is 21.3. The molecule has 1 aliphatic heterocycles. The molecule has 1 aromatic carbocycles. The molecule has 2 N–H and O–H groups in total. The van der Waals surface area contributed by atoms with Gasteiger partial charge in [0.1, 0.15) is 11.5 Å². The molecular weight excluding hydrogens is 511 g/mol. The van der Waals surface area contributed by atoms with Crippen molar-refractivity contribution in [2.24, 2.45) is 7.05 Å². The van der Waals surface area contributed by atoms with Crippen molar-refractivity contribution in [1.29, 1.82) is 0 Å². The fraction of sp³-hybridized carbons (Fsp3) is 0.259. The van der Waals surface area contributed by atoms with Crippen molar-refractivity contribution in [3.05, 3.63) is 82.6 Å². The lowest BCUT2D eigenvalue weighted by Gasteiger charge is -2.21. The van der Waals surface area contributed by atoms with Gasteiger partial charge in [0, 0.05) is 42.2 Å². The number of benzene rings is 1. The van der Waals surface area contributed by atoms with Crippen LogP contribution in [0.1, 0.15) is 51.5 Å². The summed E-state index contributed by atoms with van der Waals surface area (Å²) < 4.78 is 48.3. The van der Waals surface area contributed by atoms with E-state index in [9.17, 15) is 18.0 Å². The molecule has 1 atom stereocenters. The molecule has 4 aromatic heterocycles. The first-order valence-electron chi connectivity index (χ1n) is 12.2. The summed E-state index contributed by atoms with van der Waals surface area (Å²) in [6.07, 6.45) is -0.472. The van der Waals surface area contributed by atoms with E-state index in [4.69, 9.17) is 10.5 Å². The van der Waals surface area contributed by atoms with E-state index in [1.807, 2.05) is 6.92 Å². The number of nitrogen functional groups attached to an aromatic ring is 1. The predicted octanol–water partition coefficient (Wildman–Crippen LogP) is 4.96. The number of carbonyl (C=O) groups is 1. The number of imidazole rings is 1. The van der Waals surface area contributed by atoms with Crippen LogP contribution in [0.2, 0.25) is 0 Å². The quantitative estimate of drug-likeness (QED) is 0.349. The minimum atomic E-state index is -4.48. The molecule has 9 nitrogen and oxygen atoms in total. The molecule has 12 heteroatoms. The van der Waals surface area contributed by atoms with Gasteiger partial charge >= 0.3 is 6.18 Å². The summed E-state index contributed by atoms with van der Waals surface area (Å²) in [7, 11) is 1.75. The number of carbonyl (C=O) groups excluding carboxylic acids is 1. The monoisotopic (exact) mass is 535 g/mol. The Labute approximate surface area is 220 Å². The summed E-state index contributed by atoms with van der Waals surface area (Å²) in [5, 5.41) is 5.16. The summed E-state index contributed by atoms with van der Waals surface area (Å²) in [5.74, 6) is 0.0910. The molecule has 39 heavy (non-hydrogen) atoms. The van der Waals surface area contributed by atoms with Gasteiger partial charge in [-0.2, -0.15) is 18.3 Å². The lowest BCUT2D eigenvalue weighted by molar-refractivity contribution is -0.137. The molecule has 0 aliphatic carbocycles. The molecule has 6 rings (SSSR count). The van der Waals surface area contributed by atoms with E-state index in [1.165, 1.54) is 21.6 Å². The van der Waals surface area contributed by atoms with E-state index < -0.39 is 11.7 Å². The van der Waals surface area contributed by atoms with Crippen LogP contribution in [-0.2, 0) is 31.1 Å². The number of nitrogens with zero attached hydrogens (tertiary/aromatic N) is 6. The molecule has 0 radical (unpaired) electrons. The van der Waals surface area contributed by atoms with Crippen LogP contribution in [0.15, 0.2) is 48.9 Å². The van der Waals surface area contributed by atoms with Gasteiger partial charge in [0.05, 0.1) is 47.4 Å². The largest absolute Gasteiger partial charge is 0.417 e. The Morgan fingerprint density at radius 3 is 2.69 bits per heavy atom. The topological polar surface area (TPSA) is 104 Å². The molecule has 0 saturated carbocycles. The second-order valence-corrected chi connectivity index (χ2v) is 9.65. The van der Waals surface area contributed by atoms with E-state index >= 15 is 0 Å². The van der Waals surface area contributed by atoms with Crippen LogP contribution in [0.3, 0.4) is 0 Å². The predicted molar refractivity (Wildman–Crippen MR) is 138 cm³/mol. The maximum atomic E-state index is 14.0. The number of aromatic nitrogens is 5. The fourth-order valence-electron chi connectivity index (χ4n) is 5.12. The zero-order valence-corrected chi connectivity index (χ0v) is 21.3. The first kappa shape index (κ1) is 24.9. The maximum Gasteiger partial charge on any atom is 0.417 e. The van der Waals surface area contributed by atoms with Gasteiger partial charge in [-0.05, 0) is 49.7 Å². The summed E-state index contributed by atoms with van der Waals surface area (Å²) in [6, 6.07) is 7.50. The van der Waals surface area contributed by atoms with Gasteiger partial charge < -0.3 is 14.9 Å². The minimum absolute atomic E-state index is 0.0185. The zero-order chi connectivity index (χ0) is 27.6. The van der Waals surface area contributed by atoms with Gasteiger partial charge in [-0.25, -0.2) is 9.97 Å². The minimum Gasteiger partial charge on any atom is -0.383 e. The number of alkyl halides is 3. The van der Waals surface area contributed by atoms with Gasteiger partial charge in [0.15, 0.2) is 0 Å². The molecule has 0 bridgehead atoms. The lowest BCUT2D eigenvalue weighted by atomic mass is 10.00. The Hall–Kier alpha value is -4.45. The normalized spacial score (nSPS) is 15.3. The molecule has 0 fully saturated rings. The van der Waals surface area contributed by atoms with Crippen molar-refractivity contribution in [1.82, 2.24) is 24.1 Å². The number of hydrogen-bond acceptors (Lipinski definition) is 6. The molecule has 0 spiro atoms. The summed E-state index contributed by atoms with van der Waals surface area (Å²) in [5.41, 5.74) is 10.1. The second kappa shape index (κ2) is 8.80. The highest BCUT2D eigenvalue weighted by Gasteiger charge is 2.31. The third kappa shape index (κ3) is 4.26. The smallest absolute Gasteiger partial charge is 0.383 e. The van der Waals surface area contributed by atoms with E-state index in [0.717, 1.165) is 28.8 Å².